The molecule has 3 aliphatic rings. The number of nitrogens with zero attached hydrogens (tertiary/aromatic N) is 4. The summed E-state index contributed by atoms with van der Waals surface area (Å²) in [6.07, 6.45) is 0.680. The maximum Gasteiger partial charge on any atom is 0.411 e. The molecular formula is C45H66N4O10S. The molecule has 3 fully saturated rings. The first-order valence-corrected chi connectivity index (χ1v) is 21.9. The zero-order valence-electron chi connectivity index (χ0n) is 37.2. The van der Waals surface area contributed by atoms with Crippen molar-refractivity contribution in [2.75, 3.05) is 41.3 Å². The van der Waals surface area contributed by atoms with E-state index in [-0.39, 0.29) is 37.3 Å². The maximum atomic E-state index is 14.9. The quantitative estimate of drug-likeness (QED) is 0.160. The monoisotopic (exact) mass is 854 g/mol. The fraction of sp³-hybridized carbons (Fsp3) is 0.667. The molecule has 5 heterocycles. The number of aliphatic hydroxyl groups excluding tert-OH is 1. The van der Waals surface area contributed by atoms with Crippen molar-refractivity contribution in [3.8, 4) is 10.4 Å². The Hall–Kier alpha value is -3.57. The van der Waals surface area contributed by atoms with Crippen LogP contribution in [-0.2, 0) is 44.6 Å². The van der Waals surface area contributed by atoms with Gasteiger partial charge in [0.2, 0.25) is 0 Å². The van der Waals surface area contributed by atoms with Gasteiger partial charge in [0.15, 0.2) is 17.7 Å². The summed E-state index contributed by atoms with van der Waals surface area (Å²) in [7, 11) is 7.20. The average molecular weight is 855 g/mol. The third-order valence-electron chi connectivity index (χ3n) is 12.9. The molecule has 2 aromatic heterocycles. The molecule has 0 radical (unpaired) electrons. The lowest BCUT2D eigenvalue weighted by molar-refractivity contribution is -0.295. The van der Waals surface area contributed by atoms with Gasteiger partial charge in [-0.1, -0.05) is 40.3 Å². The van der Waals surface area contributed by atoms with Crippen LogP contribution in [0.5, 0.6) is 0 Å². The van der Waals surface area contributed by atoms with Crippen LogP contribution in [0.2, 0.25) is 0 Å². The van der Waals surface area contributed by atoms with E-state index in [2.05, 4.69) is 28.6 Å². The molecule has 2 aromatic rings. The van der Waals surface area contributed by atoms with Gasteiger partial charge in [-0.05, 0) is 85.5 Å². The van der Waals surface area contributed by atoms with E-state index in [1.54, 1.807) is 57.1 Å². The van der Waals surface area contributed by atoms with E-state index < -0.39 is 83.4 Å². The topological polar surface area (TPSA) is 157 Å². The summed E-state index contributed by atoms with van der Waals surface area (Å²) >= 11 is 1.67. The minimum Gasteiger partial charge on any atom is -0.457 e. The van der Waals surface area contributed by atoms with Gasteiger partial charge in [-0.3, -0.25) is 29.2 Å². The van der Waals surface area contributed by atoms with Gasteiger partial charge in [-0.2, -0.15) is 0 Å². The number of Topliss-reactive ketones (excluding diaryl/α,β-unsaturated/α-hetero) is 2. The zero-order valence-corrected chi connectivity index (χ0v) is 38.0. The summed E-state index contributed by atoms with van der Waals surface area (Å²) < 4.78 is 31.4. The molecule has 0 bridgehead atoms. The summed E-state index contributed by atoms with van der Waals surface area (Å²) in [4.78, 5) is 69.4. The molecule has 15 heteroatoms. The van der Waals surface area contributed by atoms with Crippen LogP contribution < -0.4 is 0 Å². The zero-order chi connectivity index (χ0) is 44.3. The third kappa shape index (κ3) is 9.72. The summed E-state index contributed by atoms with van der Waals surface area (Å²) in [5.41, 5.74) is -1.86. The number of fused-ring (bicyclic) bond motifs is 1. The Morgan fingerprint density at radius 1 is 1.07 bits per heavy atom. The predicted molar refractivity (Wildman–Crippen MR) is 228 cm³/mol. The first kappa shape index (κ1) is 47.5. The van der Waals surface area contributed by atoms with Gasteiger partial charge in [-0.15, -0.1) is 11.3 Å². The van der Waals surface area contributed by atoms with Crippen molar-refractivity contribution < 1.29 is 48.0 Å². The first-order valence-electron chi connectivity index (χ1n) is 21.1. The van der Waals surface area contributed by atoms with Gasteiger partial charge < -0.3 is 33.7 Å². The number of carbonyl (C=O) groups excluding carboxylic acids is 4. The molecular weight excluding hydrogens is 789 g/mol. The molecule has 0 spiro atoms. The second kappa shape index (κ2) is 19.6. The van der Waals surface area contributed by atoms with Crippen LogP contribution in [0.4, 0.5) is 4.79 Å². The van der Waals surface area contributed by atoms with Crippen LogP contribution in [0.3, 0.4) is 0 Å². The molecule has 13 atom stereocenters. The highest BCUT2D eigenvalue weighted by Crippen LogP contribution is 2.44. The molecule has 5 rings (SSSR count). The Balaban J connectivity index is 1.48. The van der Waals surface area contributed by atoms with Crippen molar-refractivity contribution >= 4 is 35.0 Å². The van der Waals surface area contributed by atoms with Gasteiger partial charge in [0, 0.05) is 78.3 Å². The minimum atomic E-state index is -1.61. The van der Waals surface area contributed by atoms with Crippen LogP contribution >= 0.6 is 11.3 Å². The Bertz CT molecular complexity index is 1830. The number of aliphatic hydroxyl groups is 1. The van der Waals surface area contributed by atoms with Crippen molar-refractivity contribution in [1.29, 1.82) is 0 Å². The van der Waals surface area contributed by atoms with Crippen molar-refractivity contribution in [1.82, 2.24) is 19.7 Å². The van der Waals surface area contributed by atoms with E-state index in [9.17, 15) is 24.3 Å². The smallest absolute Gasteiger partial charge is 0.411 e. The molecule has 0 saturated carbocycles. The third-order valence-corrected chi connectivity index (χ3v) is 14.1. The summed E-state index contributed by atoms with van der Waals surface area (Å²) in [5, 5.41) is 11.5. The fourth-order valence-electron chi connectivity index (χ4n) is 9.43. The van der Waals surface area contributed by atoms with Crippen LogP contribution in [0, 0.1) is 23.7 Å². The fourth-order valence-corrected chi connectivity index (χ4v) is 10.5. The van der Waals surface area contributed by atoms with Gasteiger partial charge >= 0.3 is 12.1 Å². The van der Waals surface area contributed by atoms with Crippen LogP contribution in [0.15, 0.2) is 49.3 Å². The lowest BCUT2D eigenvalue weighted by Gasteiger charge is -2.47. The lowest BCUT2D eigenvalue weighted by Crippen LogP contribution is -2.60. The van der Waals surface area contributed by atoms with Gasteiger partial charge in [0.1, 0.15) is 23.9 Å². The van der Waals surface area contributed by atoms with Crippen molar-refractivity contribution in [3.63, 3.8) is 0 Å². The summed E-state index contributed by atoms with van der Waals surface area (Å²) in [6.45, 7) is 17.5. The number of methoxy groups -OCH3 is 1. The summed E-state index contributed by atoms with van der Waals surface area (Å²) in [5.74, 6) is -5.22. The predicted octanol–water partition coefficient (Wildman–Crippen LogP) is 5.61. The Labute approximate surface area is 359 Å². The molecule has 14 nitrogen and oxygen atoms in total. The molecule has 332 valence electrons. The van der Waals surface area contributed by atoms with E-state index in [1.165, 1.54) is 20.1 Å². The Kier molecular flexibility index (Phi) is 15.5. The SMILES string of the molecule is C=C[C@]12OC(=O)N(CCN(C)Cc3ccc(-c4cccnc4)s3)[C@@H]1[C@@H](C)C(=O)[C@H](C)C[C@@](C)(OC)[C@H](O[C@@H]1O[C@H](C)C[C@H](N(C)C)[C@H]1O)[C@@H](C)C(=O)[C@@H](C)C(=O)O[C@@H]2CC. The summed E-state index contributed by atoms with van der Waals surface area (Å²) in [6, 6.07) is 6.88. The highest BCUT2D eigenvalue weighted by atomic mass is 32.1. The minimum absolute atomic E-state index is 0.105. The average Bonchev–Trinajstić information content (AvgIpc) is 3.81. The van der Waals surface area contributed by atoms with Crippen LogP contribution in [0.25, 0.3) is 10.4 Å². The van der Waals surface area contributed by atoms with E-state index >= 15 is 0 Å². The number of rotatable bonds is 12. The number of aromatic nitrogens is 1. The van der Waals surface area contributed by atoms with Crippen LogP contribution in [-0.4, -0.2) is 144 Å². The molecule has 0 aromatic carbocycles. The van der Waals surface area contributed by atoms with Gasteiger partial charge in [-0.25, -0.2) is 4.79 Å². The number of thiophene rings is 1. The van der Waals surface area contributed by atoms with Gasteiger partial charge in [0.05, 0.1) is 23.9 Å². The number of likely N-dealkylation sites (N-methyl/N-ethyl adjacent to an activating group) is 2. The molecule has 60 heavy (non-hydrogen) atoms. The van der Waals surface area contributed by atoms with Crippen molar-refractivity contribution in [2.24, 2.45) is 23.7 Å². The molecule has 3 saturated heterocycles. The molecule has 0 aliphatic carbocycles. The van der Waals surface area contributed by atoms with Crippen molar-refractivity contribution in [2.45, 2.75) is 128 Å². The van der Waals surface area contributed by atoms with E-state index in [0.29, 0.717) is 19.5 Å². The van der Waals surface area contributed by atoms with Crippen LogP contribution in [0.1, 0.15) is 72.6 Å². The standard InChI is InChI=1S/C45H66N4O10S/c1-13-35-45(14-2)39(49(43(54)59-45)21-20-48(11)25-32-17-18-34(60-32)31-16-15-19-46-24-31)28(5)36(50)26(3)23-44(8,55-12)40(29(6)37(51)30(7)41(53)57-35)58-42-38(52)33(47(9)10)22-27(4)56-42/h14-19,24,26-30,33,35,38-40,42,52H,2,13,20-23,25H2,1,3-12H3/t26-,27-,28+,29+,30-,33+,35-,38-,39-,40-,42+,44-,45-/m1/s1. The van der Waals surface area contributed by atoms with Crippen molar-refractivity contribution in [3.05, 3.63) is 54.2 Å². The number of ether oxygens (including phenoxy) is 5. The molecule has 1 amide bonds. The van der Waals surface area contributed by atoms with E-state index in [0.717, 1.165) is 15.3 Å². The number of esters is 1. The number of ketones is 2. The molecule has 3 aliphatic heterocycles. The number of hydrogen-bond acceptors (Lipinski definition) is 14. The van der Waals surface area contributed by atoms with E-state index in [1.807, 2.05) is 51.3 Å². The Morgan fingerprint density at radius 3 is 2.40 bits per heavy atom. The van der Waals surface area contributed by atoms with Gasteiger partial charge in [0.25, 0.3) is 0 Å². The number of hydrogen-bond donors (Lipinski definition) is 1. The molecule has 1 N–H and O–H groups in total. The number of cyclic esters (lactones) is 1. The second-order valence-corrected chi connectivity index (χ2v) is 18.7. The van der Waals surface area contributed by atoms with E-state index in [4.69, 9.17) is 23.7 Å². The first-order chi connectivity index (χ1) is 28.3. The number of amides is 1. The maximum absolute atomic E-state index is 14.9. The highest BCUT2D eigenvalue weighted by molar-refractivity contribution is 7.15. The lowest BCUT2D eigenvalue weighted by atomic mass is 9.72. The largest absolute Gasteiger partial charge is 0.457 e. The number of carbonyl (C=O) groups is 4. The second-order valence-electron chi connectivity index (χ2n) is 17.5. The Morgan fingerprint density at radius 2 is 1.78 bits per heavy atom. The highest BCUT2D eigenvalue weighted by Gasteiger charge is 2.61. The number of pyridine rings is 1. The normalized spacial score (nSPS) is 35.9. The molecule has 0 unspecified atom stereocenters.